The fourth-order valence-corrected chi connectivity index (χ4v) is 0.613. The second kappa shape index (κ2) is 2.27. The van der Waals surface area contributed by atoms with Crippen molar-refractivity contribution in [1.82, 2.24) is 0 Å². The van der Waals surface area contributed by atoms with Crippen LogP contribution in [0.2, 0.25) is 0 Å². The van der Waals surface area contributed by atoms with Gasteiger partial charge in [-0.3, -0.25) is 0 Å². The molecule has 0 saturated heterocycles. The molecule has 2 unspecified atom stereocenters. The predicted octanol–water partition coefficient (Wildman–Crippen LogP) is 1.69. The summed E-state index contributed by atoms with van der Waals surface area (Å²) >= 11 is 5.47. The number of hydrogen-bond acceptors (Lipinski definition) is 2. The average Bonchev–Trinajstić information content (AvgIpc) is 1.81. The molecule has 2 nitrogen and oxygen atoms in total. The summed E-state index contributed by atoms with van der Waals surface area (Å²) in [5.74, 6) is -0.934. The lowest BCUT2D eigenvalue weighted by Crippen LogP contribution is -2.31. The number of alkyl halides is 2. The number of halogens is 3. The van der Waals surface area contributed by atoms with E-state index >= 15 is 0 Å². The van der Waals surface area contributed by atoms with E-state index in [4.69, 9.17) is 11.6 Å². The summed E-state index contributed by atoms with van der Waals surface area (Å²) in [5, 5.41) is 0. The minimum atomic E-state index is -1.83. The third-order valence-electron chi connectivity index (χ3n) is 1.06. The zero-order valence-corrected chi connectivity index (χ0v) is 5.94. The van der Waals surface area contributed by atoms with Crippen molar-refractivity contribution in [2.24, 2.45) is 9.98 Å². The van der Waals surface area contributed by atoms with Crippen LogP contribution >= 0.6 is 11.6 Å². The van der Waals surface area contributed by atoms with Crippen LogP contribution in [0.4, 0.5) is 8.78 Å². The Labute approximate surface area is 61.6 Å². The Morgan fingerprint density at radius 2 is 2.40 bits per heavy atom. The van der Waals surface area contributed by atoms with Crippen LogP contribution in [0.3, 0.4) is 0 Å². The number of hydrogen-bond donors (Lipinski definition) is 0. The van der Waals surface area contributed by atoms with Gasteiger partial charge in [0.15, 0.2) is 0 Å². The topological polar surface area (TPSA) is 24.7 Å². The van der Waals surface area contributed by atoms with Crippen LogP contribution in [0.5, 0.6) is 0 Å². The van der Waals surface area contributed by atoms with Gasteiger partial charge < -0.3 is 0 Å². The Balaban J connectivity index is 2.87. The van der Waals surface area contributed by atoms with Crippen molar-refractivity contribution in [3.05, 3.63) is 0 Å². The van der Waals surface area contributed by atoms with E-state index in [1.807, 2.05) is 0 Å². The molecule has 5 heteroatoms. The highest BCUT2D eigenvalue weighted by Crippen LogP contribution is 2.20. The largest absolute Gasteiger partial charge is 0.285 e. The van der Waals surface area contributed by atoms with Crippen molar-refractivity contribution in [3.63, 3.8) is 0 Å². The summed E-state index contributed by atoms with van der Waals surface area (Å²) in [6.45, 7) is 1.35. The van der Waals surface area contributed by atoms with Gasteiger partial charge in [0.1, 0.15) is 4.87 Å². The maximum absolute atomic E-state index is 12.5. The van der Waals surface area contributed by atoms with Crippen molar-refractivity contribution in [2.45, 2.75) is 18.2 Å². The molecule has 1 aliphatic rings. The van der Waals surface area contributed by atoms with E-state index in [1.54, 1.807) is 0 Å². The lowest BCUT2D eigenvalue weighted by atomic mass is 10.2. The van der Waals surface area contributed by atoms with Crippen LogP contribution in [0.1, 0.15) is 6.92 Å². The van der Waals surface area contributed by atoms with Gasteiger partial charge in [0.05, 0.1) is 0 Å². The smallest absolute Gasteiger partial charge is 0.238 e. The molecule has 0 fully saturated rings. The van der Waals surface area contributed by atoms with E-state index in [0.29, 0.717) is 0 Å². The molecule has 0 aromatic heterocycles. The first-order valence-electron chi connectivity index (χ1n) is 2.63. The first-order valence-corrected chi connectivity index (χ1v) is 3.01. The molecule has 0 amide bonds. The van der Waals surface area contributed by atoms with Gasteiger partial charge in [-0.25, -0.2) is 9.98 Å². The Hall–Kier alpha value is -0.510. The molecule has 1 heterocycles. The van der Waals surface area contributed by atoms with Gasteiger partial charge in [0.25, 0.3) is 6.42 Å². The molecule has 0 aromatic carbocycles. The minimum absolute atomic E-state index is 0.934. The third-order valence-corrected chi connectivity index (χ3v) is 1.32. The molecule has 1 aliphatic heterocycles. The number of nitrogens with zero attached hydrogens (tertiary/aromatic N) is 2. The zero-order valence-electron chi connectivity index (χ0n) is 5.18. The molecule has 0 aliphatic carbocycles. The highest BCUT2D eigenvalue weighted by atomic mass is 35.5. The van der Waals surface area contributed by atoms with E-state index in [-0.39, 0.29) is 0 Å². The molecule has 0 bridgehead atoms. The SMILES string of the molecule is CC1(Cl)C=NC(F)N=C1F. The summed E-state index contributed by atoms with van der Waals surface area (Å²) in [5.41, 5.74) is 0. The quantitative estimate of drug-likeness (QED) is 0.387. The van der Waals surface area contributed by atoms with Gasteiger partial charge in [-0.1, -0.05) is 0 Å². The van der Waals surface area contributed by atoms with Gasteiger partial charge in [0, 0.05) is 6.21 Å². The molecule has 0 radical (unpaired) electrons. The van der Waals surface area contributed by atoms with Crippen LogP contribution in [-0.2, 0) is 0 Å². The summed E-state index contributed by atoms with van der Waals surface area (Å²) in [6, 6.07) is 0. The summed E-state index contributed by atoms with van der Waals surface area (Å²) in [4.78, 5) is 4.71. The maximum atomic E-state index is 12.5. The summed E-state index contributed by atoms with van der Waals surface area (Å²) < 4.78 is 24.6. The van der Waals surface area contributed by atoms with Crippen molar-refractivity contribution < 1.29 is 8.78 Å². The Morgan fingerprint density at radius 3 is 2.80 bits per heavy atom. The fourth-order valence-electron chi connectivity index (χ4n) is 0.508. The molecular weight excluding hydrogens is 162 g/mol. The van der Waals surface area contributed by atoms with Crippen molar-refractivity contribution in [2.75, 3.05) is 0 Å². The first-order chi connectivity index (χ1) is 4.52. The van der Waals surface area contributed by atoms with E-state index in [1.165, 1.54) is 6.92 Å². The molecule has 2 atom stereocenters. The van der Waals surface area contributed by atoms with Crippen LogP contribution in [0, 0.1) is 0 Å². The second-order valence-corrected chi connectivity index (χ2v) is 2.87. The Kier molecular flexibility index (Phi) is 1.72. The molecular formula is C5H5ClF2N2. The van der Waals surface area contributed by atoms with E-state index < -0.39 is 17.3 Å². The first kappa shape index (κ1) is 7.60. The van der Waals surface area contributed by atoms with E-state index in [9.17, 15) is 8.78 Å². The number of rotatable bonds is 0. The maximum Gasteiger partial charge on any atom is 0.285 e. The van der Waals surface area contributed by atoms with Gasteiger partial charge >= 0.3 is 0 Å². The minimum Gasteiger partial charge on any atom is -0.238 e. The van der Waals surface area contributed by atoms with Crippen LogP contribution in [0.15, 0.2) is 9.98 Å². The third kappa shape index (κ3) is 1.31. The van der Waals surface area contributed by atoms with Gasteiger partial charge in [-0.15, -0.1) is 11.6 Å². The lowest BCUT2D eigenvalue weighted by Gasteiger charge is -2.16. The molecule has 0 N–H and O–H groups in total. The zero-order chi connectivity index (χ0) is 7.78. The molecule has 1 rings (SSSR count). The van der Waals surface area contributed by atoms with Gasteiger partial charge in [0.2, 0.25) is 5.97 Å². The molecule has 56 valence electrons. The van der Waals surface area contributed by atoms with E-state index in [2.05, 4.69) is 9.98 Å². The fraction of sp³-hybridized carbons (Fsp3) is 0.600. The van der Waals surface area contributed by atoms with Crippen LogP contribution < -0.4 is 0 Å². The highest BCUT2D eigenvalue weighted by molar-refractivity contribution is 6.43. The lowest BCUT2D eigenvalue weighted by molar-refractivity contribution is 0.353. The standard InChI is InChI=1S/C5H5ClF2N2/c1-5(6)2-9-4(8)10-3(5)7/h2,4H,1H3. The second-order valence-electron chi connectivity index (χ2n) is 2.08. The molecule has 0 spiro atoms. The van der Waals surface area contributed by atoms with Crippen LogP contribution in [0.25, 0.3) is 0 Å². The summed E-state index contributed by atoms with van der Waals surface area (Å²) in [6.07, 6.45) is -0.825. The van der Waals surface area contributed by atoms with Gasteiger partial charge in [-0.05, 0) is 6.92 Å². The summed E-state index contributed by atoms with van der Waals surface area (Å²) in [7, 11) is 0. The van der Waals surface area contributed by atoms with Gasteiger partial charge in [-0.2, -0.15) is 8.78 Å². The van der Waals surface area contributed by atoms with Crippen molar-refractivity contribution in [3.8, 4) is 0 Å². The monoisotopic (exact) mass is 166 g/mol. The van der Waals surface area contributed by atoms with Crippen molar-refractivity contribution >= 4 is 23.8 Å². The highest BCUT2D eigenvalue weighted by Gasteiger charge is 2.30. The Morgan fingerprint density at radius 1 is 1.80 bits per heavy atom. The number of aliphatic imine (C=N–C) groups is 2. The van der Waals surface area contributed by atoms with Crippen LogP contribution in [-0.4, -0.2) is 23.5 Å². The normalized spacial score (nSPS) is 39.6. The predicted molar refractivity (Wildman–Crippen MR) is 36.2 cm³/mol. The Bertz CT molecular complexity index is 200. The molecule has 10 heavy (non-hydrogen) atoms. The molecule has 0 aromatic rings. The average molecular weight is 167 g/mol. The molecule has 0 saturated carbocycles. The van der Waals surface area contributed by atoms with Crippen molar-refractivity contribution in [1.29, 1.82) is 0 Å². The van der Waals surface area contributed by atoms with E-state index in [0.717, 1.165) is 6.21 Å².